The van der Waals surface area contributed by atoms with Crippen LogP contribution in [0.5, 0.6) is 0 Å². The van der Waals surface area contributed by atoms with E-state index in [0.717, 1.165) is 30.6 Å². The molecule has 3 nitrogen and oxygen atoms in total. The minimum atomic E-state index is -0.0292. The molecule has 1 amide bonds. The Balaban J connectivity index is 2.15. The first-order valence-electron chi connectivity index (χ1n) is 9.24. The van der Waals surface area contributed by atoms with Crippen molar-refractivity contribution in [2.24, 2.45) is 0 Å². The SMILES string of the molecule is CCCCCCCCCCCCN(C=O)c1ccccc1CO. The zero-order valence-electron chi connectivity index (χ0n) is 14.7. The molecule has 0 heterocycles. The zero-order chi connectivity index (χ0) is 16.8. The van der Waals surface area contributed by atoms with Gasteiger partial charge in [0.15, 0.2) is 0 Å². The third-order valence-electron chi connectivity index (χ3n) is 4.35. The van der Waals surface area contributed by atoms with E-state index in [4.69, 9.17) is 0 Å². The van der Waals surface area contributed by atoms with Gasteiger partial charge in [0.05, 0.1) is 6.61 Å². The van der Waals surface area contributed by atoms with Crippen LogP contribution < -0.4 is 4.90 Å². The van der Waals surface area contributed by atoms with Crippen LogP contribution in [0.4, 0.5) is 5.69 Å². The van der Waals surface area contributed by atoms with Crippen LogP contribution >= 0.6 is 0 Å². The number of anilines is 1. The number of carbonyl (C=O) groups is 1. The van der Waals surface area contributed by atoms with Gasteiger partial charge in [-0.25, -0.2) is 0 Å². The molecule has 0 aliphatic heterocycles. The highest BCUT2D eigenvalue weighted by molar-refractivity contribution is 5.76. The molecule has 1 aromatic carbocycles. The molecule has 1 rings (SSSR count). The first-order valence-corrected chi connectivity index (χ1v) is 9.24. The van der Waals surface area contributed by atoms with Gasteiger partial charge in [-0.3, -0.25) is 4.79 Å². The lowest BCUT2D eigenvalue weighted by Gasteiger charge is -2.20. The predicted octanol–water partition coefficient (Wildman–Crippen LogP) is 5.06. The van der Waals surface area contributed by atoms with Gasteiger partial charge in [0.2, 0.25) is 6.41 Å². The Morgan fingerprint density at radius 2 is 1.48 bits per heavy atom. The second kappa shape index (κ2) is 13.1. The van der Waals surface area contributed by atoms with Crippen molar-refractivity contribution in [2.45, 2.75) is 77.7 Å². The van der Waals surface area contributed by atoms with E-state index in [9.17, 15) is 9.90 Å². The van der Waals surface area contributed by atoms with Gasteiger partial charge in [0, 0.05) is 17.8 Å². The number of para-hydroxylation sites is 1. The fraction of sp³-hybridized carbons (Fsp3) is 0.650. The lowest BCUT2D eigenvalue weighted by Crippen LogP contribution is -2.23. The summed E-state index contributed by atoms with van der Waals surface area (Å²) in [5.74, 6) is 0. The van der Waals surface area contributed by atoms with Crippen LogP contribution in [0.2, 0.25) is 0 Å². The van der Waals surface area contributed by atoms with Crippen LogP contribution in [-0.2, 0) is 11.4 Å². The molecule has 0 saturated carbocycles. The lowest BCUT2D eigenvalue weighted by molar-refractivity contribution is -0.107. The van der Waals surface area contributed by atoms with Crippen molar-refractivity contribution in [3.63, 3.8) is 0 Å². The predicted molar refractivity (Wildman–Crippen MR) is 97.6 cm³/mol. The largest absolute Gasteiger partial charge is 0.392 e. The Morgan fingerprint density at radius 3 is 2.04 bits per heavy atom. The van der Waals surface area contributed by atoms with Crippen molar-refractivity contribution in [1.82, 2.24) is 0 Å². The van der Waals surface area contributed by atoms with E-state index < -0.39 is 0 Å². The summed E-state index contributed by atoms with van der Waals surface area (Å²) in [4.78, 5) is 13.0. The topological polar surface area (TPSA) is 40.5 Å². The molecule has 0 aliphatic carbocycles. The highest BCUT2D eigenvalue weighted by Gasteiger charge is 2.08. The molecule has 23 heavy (non-hydrogen) atoms. The Morgan fingerprint density at radius 1 is 0.913 bits per heavy atom. The fourth-order valence-electron chi connectivity index (χ4n) is 2.92. The van der Waals surface area contributed by atoms with Gasteiger partial charge in [-0.05, 0) is 12.5 Å². The summed E-state index contributed by atoms with van der Waals surface area (Å²) in [5.41, 5.74) is 1.65. The minimum absolute atomic E-state index is 0.0292. The van der Waals surface area contributed by atoms with Crippen molar-refractivity contribution in [2.75, 3.05) is 11.4 Å². The summed E-state index contributed by atoms with van der Waals surface area (Å²) in [6.45, 7) is 2.96. The molecule has 0 aliphatic rings. The third kappa shape index (κ3) is 8.17. The Bertz CT molecular complexity index is 420. The number of benzene rings is 1. The second-order valence-electron chi connectivity index (χ2n) is 6.27. The van der Waals surface area contributed by atoms with E-state index in [1.165, 1.54) is 57.8 Å². The summed E-state index contributed by atoms with van der Waals surface area (Å²) in [6, 6.07) is 7.56. The standard InChI is InChI=1S/C20H33NO2/c1-2-3-4-5-6-7-8-9-10-13-16-21(18-23)20-15-12-11-14-19(20)17-22/h11-12,14-15,18,22H,2-10,13,16-17H2,1H3. The number of amides is 1. The van der Waals surface area contributed by atoms with Gasteiger partial charge in [-0.1, -0.05) is 82.9 Å². The molecule has 0 atom stereocenters. The maximum absolute atomic E-state index is 11.3. The van der Waals surface area contributed by atoms with E-state index in [0.29, 0.717) is 0 Å². The van der Waals surface area contributed by atoms with Crippen LogP contribution in [0.25, 0.3) is 0 Å². The van der Waals surface area contributed by atoms with Crippen molar-refractivity contribution in [3.8, 4) is 0 Å². The molecule has 0 aromatic heterocycles. The lowest BCUT2D eigenvalue weighted by atomic mass is 10.1. The molecular formula is C20H33NO2. The molecule has 0 radical (unpaired) electrons. The summed E-state index contributed by atoms with van der Waals surface area (Å²) < 4.78 is 0. The van der Waals surface area contributed by atoms with Crippen molar-refractivity contribution in [1.29, 1.82) is 0 Å². The van der Waals surface area contributed by atoms with E-state index in [1.54, 1.807) is 4.90 Å². The summed E-state index contributed by atoms with van der Waals surface area (Å²) in [7, 11) is 0. The van der Waals surface area contributed by atoms with Gasteiger partial charge in [-0.15, -0.1) is 0 Å². The number of hydrogen-bond acceptors (Lipinski definition) is 2. The molecule has 0 unspecified atom stereocenters. The Hall–Kier alpha value is -1.35. The molecular weight excluding hydrogens is 286 g/mol. The average Bonchev–Trinajstić information content (AvgIpc) is 2.60. The van der Waals surface area contributed by atoms with Gasteiger partial charge >= 0.3 is 0 Å². The normalized spacial score (nSPS) is 10.7. The molecule has 0 bridgehead atoms. The molecule has 0 spiro atoms. The zero-order valence-corrected chi connectivity index (χ0v) is 14.7. The molecule has 130 valence electrons. The Kier molecular flexibility index (Phi) is 11.2. The molecule has 1 N–H and O–H groups in total. The van der Waals surface area contributed by atoms with Crippen LogP contribution in [0, 0.1) is 0 Å². The van der Waals surface area contributed by atoms with Gasteiger partial charge < -0.3 is 10.0 Å². The number of aliphatic hydroxyl groups is 1. The van der Waals surface area contributed by atoms with Crippen LogP contribution in [0.15, 0.2) is 24.3 Å². The molecule has 0 saturated heterocycles. The number of unbranched alkanes of at least 4 members (excludes halogenated alkanes) is 9. The van der Waals surface area contributed by atoms with Crippen molar-refractivity contribution < 1.29 is 9.90 Å². The number of carbonyl (C=O) groups excluding carboxylic acids is 1. The molecule has 0 fully saturated rings. The molecule has 3 heteroatoms. The first kappa shape index (κ1) is 19.7. The smallest absolute Gasteiger partial charge is 0.214 e. The number of rotatable bonds is 14. The molecule has 1 aromatic rings. The monoisotopic (exact) mass is 319 g/mol. The maximum atomic E-state index is 11.3. The second-order valence-corrected chi connectivity index (χ2v) is 6.27. The van der Waals surface area contributed by atoms with E-state index in [2.05, 4.69) is 6.92 Å². The van der Waals surface area contributed by atoms with E-state index in [1.807, 2.05) is 24.3 Å². The fourth-order valence-corrected chi connectivity index (χ4v) is 2.92. The van der Waals surface area contributed by atoms with E-state index in [-0.39, 0.29) is 6.61 Å². The number of nitrogens with zero attached hydrogens (tertiary/aromatic N) is 1. The highest BCUT2D eigenvalue weighted by atomic mass is 16.3. The van der Waals surface area contributed by atoms with Gasteiger partial charge in [0.1, 0.15) is 0 Å². The van der Waals surface area contributed by atoms with Crippen LogP contribution in [0.1, 0.15) is 76.7 Å². The summed E-state index contributed by atoms with van der Waals surface area (Å²) in [6.07, 6.45) is 13.8. The summed E-state index contributed by atoms with van der Waals surface area (Å²) >= 11 is 0. The number of aliphatic hydroxyl groups excluding tert-OH is 1. The average molecular weight is 319 g/mol. The minimum Gasteiger partial charge on any atom is -0.392 e. The van der Waals surface area contributed by atoms with Gasteiger partial charge in [-0.2, -0.15) is 0 Å². The first-order chi connectivity index (χ1) is 11.3. The number of hydrogen-bond donors (Lipinski definition) is 1. The van der Waals surface area contributed by atoms with Gasteiger partial charge in [0.25, 0.3) is 0 Å². The van der Waals surface area contributed by atoms with Crippen LogP contribution in [0.3, 0.4) is 0 Å². The Labute approximate surface area is 141 Å². The highest BCUT2D eigenvalue weighted by Crippen LogP contribution is 2.20. The maximum Gasteiger partial charge on any atom is 0.214 e. The summed E-state index contributed by atoms with van der Waals surface area (Å²) in [5, 5.41) is 9.37. The van der Waals surface area contributed by atoms with Crippen molar-refractivity contribution >= 4 is 12.1 Å². The van der Waals surface area contributed by atoms with E-state index >= 15 is 0 Å². The van der Waals surface area contributed by atoms with Crippen molar-refractivity contribution in [3.05, 3.63) is 29.8 Å². The van der Waals surface area contributed by atoms with Crippen LogP contribution in [-0.4, -0.2) is 18.1 Å². The quantitative estimate of drug-likeness (QED) is 0.384. The third-order valence-corrected chi connectivity index (χ3v) is 4.35.